The smallest absolute Gasteiger partial charge is 0.0831 e. The summed E-state index contributed by atoms with van der Waals surface area (Å²) in [6.45, 7) is 10.2. The van der Waals surface area contributed by atoms with Crippen molar-refractivity contribution in [3.63, 3.8) is 0 Å². The molecule has 0 atom stereocenters. The van der Waals surface area contributed by atoms with Crippen molar-refractivity contribution >= 4 is 0 Å². The normalized spacial score (nSPS) is 11.1. The second-order valence-corrected chi connectivity index (χ2v) is 4.58. The van der Waals surface area contributed by atoms with Crippen LogP contribution in [-0.2, 0) is 25.9 Å². The predicted octanol–water partition coefficient (Wildman–Crippen LogP) is 2.58. The van der Waals surface area contributed by atoms with Crippen LogP contribution in [0.15, 0.2) is 12.1 Å². The van der Waals surface area contributed by atoms with Crippen LogP contribution < -0.4 is 0 Å². The molecule has 0 aliphatic heterocycles. The molecule has 98 valence electrons. The van der Waals surface area contributed by atoms with Crippen molar-refractivity contribution in [1.82, 2.24) is 19.6 Å². The van der Waals surface area contributed by atoms with Gasteiger partial charge in [0.1, 0.15) is 0 Å². The molecule has 4 heteroatoms. The van der Waals surface area contributed by atoms with E-state index in [0.717, 1.165) is 31.6 Å². The first-order chi connectivity index (χ1) is 8.67. The van der Waals surface area contributed by atoms with Crippen LogP contribution in [0.1, 0.15) is 43.5 Å². The van der Waals surface area contributed by atoms with Gasteiger partial charge in [0, 0.05) is 12.2 Å². The zero-order valence-corrected chi connectivity index (χ0v) is 11.8. The largest absolute Gasteiger partial charge is 0.268 e. The molecule has 0 radical (unpaired) electrons. The summed E-state index contributed by atoms with van der Waals surface area (Å²) in [5, 5.41) is 9.14. The molecular formula is C14H22N4. The Hall–Kier alpha value is -1.58. The molecule has 18 heavy (non-hydrogen) atoms. The Balaban J connectivity index is 2.29. The average molecular weight is 246 g/mol. The minimum absolute atomic E-state index is 0.817. The molecule has 2 aromatic heterocycles. The Labute approximate surface area is 109 Å². The van der Waals surface area contributed by atoms with Gasteiger partial charge in [0.25, 0.3) is 0 Å². The van der Waals surface area contributed by atoms with Gasteiger partial charge in [-0.2, -0.15) is 10.2 Å². The number of aromatic nitrogens is 4. The Bertz CT molecular complexity index is 522. The highest BCUT2D eigenvalue weighted by molar-refractivity contribution is 5.14. The third-order valence-electron chi connectivity index (χ3n) is 3.24. The Kier molecular flexibility index (Phi) is 3.84. The highest BCUT2D eigenvalue weighted by Gasteiger charge is 2.09. The van der Waals surface area contributed by atoms with Gasteiger partial charge >= 0.3 is 0 Å². The quantitative estimate of drug-likeness (QED) is 0.813. The highest BCUT2D eigenvalue weighted by Crippen LogP contribution is 2.11. The van der Waals surface area contributed by atoms with E-state index < -0.39 is 0 Å². The predicted molar refractivity (Wildman–Crippen MR) is 72.7 cm³/mol. The third-order valence-corrected chi connectivity index (χ3v) is 3.24. The fourth-order valence-electron chi connectivity index (χ4n) is 2.26. The lowest BCUT2D eigenvalue weighted by atomic mass is 10.2. The summed E-state index contributed by atoms with van der Waals surface area (Å²) in [4.78, 5) is 0. The first kappa shape index (κ1) is 12.9. The maximum atomic E-state index is 4.66. The number of nitrogens with zero attached hydrogens (tertiary/aromatic N) is 4. The van der Waals surface area contributed by atoms with Crippen LogP contribution in [0.4, 0.5) is 0 Å². The van der Waals surface area contributed by atoms with Crippen LogP contribution in [0.25, 0.3) is 0 Å². The molecule has 0 amide bonds. The SMILES string of the molecule is CCc1cc(CC)n(Cc2cc(C)nn2CC)n1. The van der Waals surface area contributed by atoms with Crippen molar-refractivity contribution in [2.24, 2.45) is 0 Å². The summed E-state index contributed by atoms with van der Waals surface area (Å²) in [6.07, 6.45) is 2.01. The molecule has 0 saturated heterocycles. The fourth-order valence-corrected chi connectivity index (χ4v) is 2.26. The minimum atomic E-state index is 0.817. The van der Waals surface area contributed by atoms with Gasteiger partial charge in [-0.15, -0.1) is 0 Å². The van der Waals surface area contributed by atoms with Gasteiger partial charge in [0.05, 0.1) is 23.6 Å². The maximum absolute atomic E-state index is 4.66. The second-order valence-electron chi connectivity index (χ2n) is 4.58. The van der Waals surface area contributed by atoms with Crippen molar-refractivity contribution in [2.75, 3.05) is 0 Å². The molecule has 4 nitrogen and oxygen atoms in total. The molecule has 0 aliphatic carbocycles. The molecule has 0 aliphatic rings. The van der Waals surface area contributed by atoms with Crippen LogP contribution in [0.2, 0.25) is 0 Å². The molecule has 2 rings (SSSR count). The van der Waals surface area contributed by atoms with Gasteiger partial charge in [-0.3, -0.25) is 9.36 Å². The van der Waals surface area contributed by atoms with Crippen LogP contribution in [-0.4, -0.2) is 19.6 Å². The van der Waals surface area contributed by atoms with E-state index >= 15 is 0 Å². The zero-order valence-electron chi connectivity index (χ0n) is 11.8. The fraction of sp³-hybridized carbons (Fsp3) is 0.571. The summed E-state index contributed by atoms with van der Waals surface area (Å²) in [5.41, 5.74) is 4.78. The monoisotopic (exact) mass is 246 g/mol. The molecule has 0 saturated carbocycles. The standard InChI is InChI=1S/C14H22N4/c1-5-12-9-13(6-2)18(16-12)10-14-8-11(4)15-17(14)7-3/h8-9H,5-7,10H2,1-4H3. The average Bonchev–Trinajstić information content (AvgIpc) is 2.92. The lowest BCUT2D eigenvalue weighted by molar-refractivity contribution is 0.561. The number of rotatable bonds is 5. The van der Waals surface area contributed by atoms with Gasteiger partial charge in [-0.1, -0.05) is 13.8 Å². The summed E-state index contributed by atoms with van der Waals surface area (Å²) in [6, 6.07) is 4.36. The summed E-state index contributed by atoms with van der Waals surface area (Å²) >= 11 is 0. The molecule has 0 spiro atoms. The Morgan fingerprint density at radius 1 is 0.944 bits per heavy atom. The summed E-state index contributed by atoms with van der Waals surface area (Å²) < 4.78 is 4.17. The van der Waals surface area contributed by atoms with Crippen molar-refractivity contribution < 1.29 is 0 Å². The zero-order chi connectivity index (χ0) is 13.1. The van der Waals surface area contributed by atoms with Crippen LogP contribution in [0.3, 0.4) is 0 Å². The number of hydrogen-bond donors (Lipinski definition) is 0. The summed E-state index contributed by atoms with van der Waals surface area (Å²) in [5.74, 6) is 0. The van der Waals surface area contributed by atoms with E-state index in [1.165, 1.54) is 17.1 Å². The van der Waals surface area contributed by atoms with Gasteiger partial charge in [-0.05, 0) is 38.8 Å². The van der Waals surface area contributed by atoms with E-state index in [2.05, 4.69) is 52.5 Å². The Morgan fingerprint density at radius 2 is 1.72 bits per heavy atom. The lowest BCUT2D eigenvalue weighted by Crippen LogP contribution is -2.11. The second kappa shape index (κ2) is 5.38. The van der Waals surface area contributed by atoms with Gasteiger partial charge in [-0.25, -0.2) is 0 Å². The first-order valence-electron chi connectivity index (χ1n) is 6.76. The maximum Gasteiger partial charge on any atom is 0.0831 e. The van der Waals surface area contributed by atoms with Crippen molar-refractivity contribution in [1.29, 1.82) is 0 Å². The highest BCUT2D eigenvalue weighted by atomic mass is 15.3. The molecule has 0 bridgehead atoms. The lowest BCUT2D eigenvalue weighted by Gasteiger charge is -2.07. The molecule has 0 N–H and O–H groups in total. The molecule has 2 aromatic rings. The molecule has 0 aromatic carbocycles. The van der Waals surface area contributed by atoms with E-state index in [0.29, 0.717) is 0 Å². The topological polar surface area (TPSA) is 35.6 Å². The van der Waals surface area contributed by atoms with Gasteiger partial charge < -0.3 is 0 Å². The Morgan fingerprint density at radius 3 is 2.33 bits per heavy atom. The molecular weight excluding hydrogens is 224 g/mol. The van der Waals surface area contributed by atoms with E-state index in [1.54, 1.807) is 0 Å². The summed E-state index contributed by atoms with van der Waals surface area (Å²) in [7, 11) is 0. The van der Waals surface area contributed by atoms with E-state index in [-0.39, 0.29) is 0 Å². The molecule has 0 unspecified atom stereocenters. The molecule has 2 heterocycles. The van der Waals surface area contributed by atoms with E-state index in [1.807, 2.05) is 6.92 Å². The van der Waals surface area contributed by atoms with Crippen molar-refractivity contribution in [3.05, 3.63) is 34.9 Å². The number of aryl methyl sites for hydroxylation is 4. The van der Waals surface area contributed by atoms with Gasteiger partial charge in [0.2, 0.25) is 0 Å². The van der Waals surface area contributed by atoms with Crippen LogP contribution >= 0.6 is 0 Å². The van der Waals surface area contributed by atoms with Crippen molar-refractivity contribution in [3.8, 4) is 0 Å². The molecule has 0 fully saturated rings. The van der Waals surface area contributed by atoms with Crippen LogP contribution in [0, 0.1) is 6.92 Å². The minimum Gasteiger partial charge on any atom is -0.268 e. The van der Waals surface area contributed by atoms with E-state index in [4.69, 9.17) is 0 Å². The van der Waals surface area contributed by atoms with Gasteiger partial charge in [0.15, 0.2) is 0 Å². The first-order valence-corrected chi connectivity index (χ1v) is 6.76. The van der Waals surface area contributed by atoms with E-state index in [9.17, 15) is 0 Å². The number of hydrogen-bond acceptors (Lipinski definition) is 2. The third kappa shape index (κ3) is 2.47. The van der Waals surface area contributed by atoms with Crippen LogP contribution in [0.5, 0.6) is 0 Å². The van der Waals surface area contributed by atoms with Crippen molar-refractivity contribution in [2.45, 2.75) is 53.6 Å².